The maximum atomic E-state index is 12.3. The van der Waals surface area contributed by atoms with Gasteiger partial charge in [0.1, 0.15) is 5.75 Å². The highest BCUT2D eigenvalue weighted by atomic mass is 16.5. The molecule has 1 aliphatic heterocycles. The van der Waals surface area contributed by atoms with Gasteiger partial charge in [0.25, 0.3) is 0 Å². The number of carbonyl (C=O) groups is 2. The van der Waals surface area contributed by atoms with Crippen LogP contribution in [0.3, 0.4) is 0 Å². The van der Waals surface area contributed by atoms with Gasteiger partial charge < -0.3 is 9.64 Å². The molecule has 0 spiro atoms. The summed E-state index contributed by atoms with van der Waals surface area (Å²) in [6.07, 6.45) is 0. The molecule has 0 aliphatic carbocycles. The molecule has 1 aromatic carbocycles. The van der Waals surface area contributed by atoms with Crippen LogP contribution in [-0.4, -0.2) is 61.8 Å². The molecular weight excluding hydrogens is 256 g/mol. The molecule has 108 valence electrons. The Balaban J connectivity index is 2.07. The van der Waals surface area contributed by atoms with E-state index in [0.29, 0.717) is 24.4 Å². The van der Waals surface area contributed by atoms with E-state index in [1.807, 2.05) is 24.0 Å². The number of nitrogens with zero attached hydrogens (tertiary/aromatic N) is 2. The van der Waals surface area contributed by atoms with Crippen LogP contribution in [0.2, 0.25) is 0 Å². The first-order chi connectivity index (χ1) is 9.51. The number of amides is 1. The number of benzene rings is 1. The molecule has 0 aromatic heterocycles. The topological polar surface area (TPSA) is 49.9 Å². The number of piperazine rings is 1. The summed E-state index contributed by atoms with van der Waals surface area (Å²) in [4.78, 5) is 27.6. The Kier molecular flexibility index (Phi) is 4.39. The minimum Gasteiger partial charge on any atom is -0.496 e. The van der Waals surface area contributed by atoms with Crippen molar-refractivity contribution in [2.24, 2.45) is 0 Å². The summed E-state index contributed by atoms with van der Waals surface area (Å²) in [5.74, 6) is 0.634. The van der Waals surface area contributed by atoms with Gasteiger partial charge in [-0.25, -0.2) is 0 Å². The molecule has 5 nitrogen and oxygen atoms in total. The zero-order valence-electron chi connectivity index (χ0n) is 12.2. The molecule has 1 fully saturated rings. The summed E-state index contributed by atoms with van der Waals surface area (Å²) in [7, 11) is 3.34. The normalized spacial score (nSPS) is 16.4. The molecule has 1 amide bonds. The van der Waals surface area contributed by atoms with Crippen LogP contribution in [-0.2, 0) is 4.79 Å². The second kappa shape index (κ2) is 6.05. The first kappa shape index (κ1) is 14.5. The van der Waals surface area contributed by atoms with Crippen molar-refractivity contribution in [1.82, 2.24) is 9.80 Å². The van der Waals surface area contributed by atoms with E-state index in [0.717, 1.165) is 12.1 Å². The van der Waals surface area contributed by atoms with Crippen LogP contribution < -0.4 is 4.74 Å². The van der Waals surface area contributed by atoms with Crippen LogP contribution in [0, 0.1) is 6.92 Å². The van der Waals surface area contributed by atoms with Crippen LogP contribution >= 0.6 is 0 Å². The van der Waals surface area contributed by atoms with Crippen molar-refractivity contribution < 1.29 is 14.3 Å². The molecule has 0 atom stereocenters. The van der Waals surface area contributed by atoms with Crippen molar-refractivity contribution >= 4 is 11.7 Å². The molecule has 2 rings (SSSR count). The van der Waals surface area contributed by atoms with E-state index in [2.05, 4.69) is 0 Å². The minimum atomic E-state index is -0.0146. The van der Waals surface area contributed by atoms with E-state index in [1.165, 1.54) is 0 Å². The number of rotatable bonds is 4. The van der Waals surface area contributed by atoms with Gasteiger partial charge in [0.05, 0.1) is 25.8 Å². The van der Waals surface area contributed by atoms with Crippen LogP contribution in [0.25, 0.3) is 0 Å². The third-order valence-electron chi connectivity index (χ3n) is 3.56. The fourth-order valence-corrected chi connectivity index (χ4v) is 2.26. The van der Waals surface area contributed by atoms with Gasteiger partial charge >= 0.3 is 0 Å². The summed E-state index contributed by atoms with van der Waals surface area (Å²) in [6, 6.07) is 5.53. The van der Waals surface area contributed by atoms with E-state index >= 15 is 0 Å². The van der Waals surface area contributed by atoms with Crippen molar-refractivity contribution in [2.75, 3.05) is 40.3 Å². The number of hydrogen-bond donors (Lipinski definition) is 0. The highest BCUT2D eigenvalue weighted by Crippen LogP contribution is 2.21. The molecule has 20 heavy (non-hydrogen) atoms. The summed E-state index contributed by atoms with van der Waals surface area (Å²) in [5, 5.41) is 0. The first-order valence-electron chi connectivity index (χ1n) is 6.65. The fourth-order valence-electron chi connectivity index (χ4n) is 2.26. The molecule has 1 heterocycles. The molecule has 0 bridgehead atoms. The number of Topliss-reactive ketones (excluding diaryl/α,β-unsaturated/α-hetero) is 1. The predicted octanol–water partition coefficient (Wildman–Crippen LogP) is 0.960. The Morgan fingerprint density at radius 1 is 1.35 bits per heavy atom. The van der Waals surface area contributed by atoms with Crippen molar-refractivity contribution in [2.45, 2.75) is 6.92 Å². The van der Waals surface area contributed by atoms with E-state index in [1.54, 1.807) is 25.1 Å². The van der Waals surface area contributed by atoms with E-state index in [-0.39, 0.29) is 18.2 Å². The molecule has 0 saturated carbocycles. The summed E-state index contributed by atoms with van der Waals surface area (Å²) < 4.78 is 5.26. The van der Waals surface area contributed by atoms with Gasteiger partial charge in [-0.2, -0.15) is 0 Å². The Morgan fingerprint density at radius 2 is 2.10 bits per heavy atom. The zero-order chi connectivity index (χ0) is 14.7. The van der Waals surface area contributed by atoms with Gasteiger partial charge in [0.2, 0.25) is 5.91 Å². The average molecular weight is 276 g/mol. The van der Waals surface area contributed by atoms with E-state index in [4.69, 9.17) is 4.74 Å². The maximum Gasteiger partial charge on any atom is 0.236 e. The molecular formula is C15H20N2O3. The van der Waals surface area contributed by atoms with Gasteiger partial charge in [-0.15, -0.1) is 0 Å². The lowest BCUT2D eigenvalue weighted by atomic mass is 10.1. The van der Waals surface area contributed by atoms with Crippen LogP contribution in [0.5, 0.6) is 5.75 Å². The van der Waals surface area contributed by atoms with Gasteiger partial charge in [0, 0.05) is 20.1 Å². The van der Waals surface area contributed by atoms with Gasteiger partial charge in [-0.1, -0.05) is 6.07 Å². The number of methoxy groups -OCH3 is 1. The summed E-state index contributed by atoms with van der Waals surface area (Å²) in [6.45, 7) is 3.89. The van der Waals surface area contributed by atoms with Crippen LogP contribution in [0.15, 0.2) is 18.2 Å². The third-order valence-corrected chi connectivity index (χ3v) is 3.56. The lowest BCUT2D eigenvalue weighted by molar-refractivity contribution is -0.134. The fraction of sp³-hybridized carbons (Fsp3) is 0.467. The van der Waals surface area contributed by atoms with Crippen LogP contribution in [0.4, 0.5) is 0 Å². The number of aryl methyl sites for hydroxylation is 1. The molecule has 0 radical (unpaired) electrons. The molecule has 1 saturated heterocycles. The maximum absolute atomic E-state index is 12.3. The highest BCUT2D eigenvalue weighted by Gasteiger charge is 2.24. The van der Waals surface area contributed by atoms with Crippen molar-refractivity contribution in [1.29, 1.82) is 0 Å². The molecule has 5 heteroatoms. The molecule has 1 aromatic rings. The predicted molar refractivity (Wildman–Crippen MR) is 76.1 cm³/mol. The van der Waals surface area contributed by atoms with Gasteiger partial charge in [-0.05, 0) is 24.6 Å². The quantitative estimate of drug-likeness (QED) is 0.769. The Bertz CT molecular complexity index is 528. The summed E-state index contributed by atoms with van der Waals surface area (Å²) in [5.41, 5.74) is 1.62. The lowest BCUT2D eigenvalue weighted by Gasteiger charge is -2.31. The zero-order valence-corrected chi connectivity index (χ0v) is 12.2. The Labute approximate surface area is 119 Å². The standard InChI is InChI=1S/C15H20N2O3/c1-11-4-5-12(14(8-11)20-3)13(18)9-17-7-6-16(2)15(19)10-17/h4-5,8H,6-7,9-10H2,1-3H3. The lowest BCUT2D eigenvalue weighted by Crippen LogP contribution is -2.49. The Morgan fingerprint density at radius 3 is 2.75 bits per heavy atom. The van der Waals surface area contributed by atoms with E-state index < -0.39 is 0 Å². The molecule has 0 unspecified atom stereocenters. The van der Waals surface area contributed by atoms with Gasteiger partial charge in [-0.3, -0.25) is 14.5 Å². The smallest absolute Gasteiger partial charge is 0.236 e. The van der Waals surface area contributed by atoms with Gasteiger partial charge in [0.15, 0.2) is 5.78 Å². The first-order valence-corrected chi connectivity index (χ1v) is 6.65. The minimum absolute atomic E-state index is 0.0146. The number of ketones is 1. The molecule has 1 aliphatic rings. The second-order valence-corrected chi connectivity index (χ2v) is 5.15. The largest absolute Gasteiger partial charge is 0.496 e. The third kappa shape index (κ3) is 3.17. The van der Waals surface area contributed by atoms with Crippen LogP contribution in [0.1, 0.15) is 15.9 Å². The SMILES string of the molecule is COc1cc(C)ccc1C(=O)CN1CCN(C)C(=O)C1. The summed E-state index contributed by atoms with van der Waals surface area (Å²) >= 11 is 0. The monoisotopic (exact) mass is 276 g/mol. The average Bonchev–Trinajstić information content (AvgIpc) is 2.42. The van der Waals surface area contributed by atoms with Crippen molar-refractivity contribution in [3.8, 4) is 5.75 Å². The number of ether oxygens (including phenoxy) is 1. The van der Waals surface area contributed by atoms with E-state index in [9.17, 15) is 9.59 Å². The van der Waals surface area contributed by atoms with Crippen molar-refractivity contribution in [3.63, 3.8) is 0 Å². The molecule has 0 N–H and O–H groups in total. The number of hydrogen-bond acceptors (Lipinski definition) is 4. The number of likely N-dealkylation sites (N-methyl/N-ethyl adjacent to an activating group) is 1. The Hall–Kier alpha value is -1.88. The highest BCUT2D eigenvalue weighted by molar-refractivity contribution is 6.00. The second-order valence-electron chi connectivity index (χ2n) is 5.15. The number of carbonyl (C=O) groups excluding carboxylic acids is 2. The van der Waals surface area contributed by atoms with Crippen molar-refractivity contribution in [3.05, 3.63) is 29.3 Å².